The van der Waals surface area contributed by atoms with Gasteiger partial charge >= 0.3 is 0 Å². The summed E-state index contributed by atoms with van der Waals surface area (Å²) in [6.45, 7) is 1.89. The van der Waals surface area contributed by atoms with Crippen LogP contribution in [0, 0.1) is 5.82 Å². The van der Waals surface area contributed by atoms with Crippen LogP contribution in [0.4, 0.5) is 4.39 Å². The Morgan fingerprint density at radius 2 is 2.08 bits per heavy atom. The molecule has 0 aliphatic carbocycles. The lowest BCUT2D eigenvalue weighted by molar-refractivity contribution is -0.121. The van der Waals surface area contributed by atoms with Crippen molar-refractivity contribution in [3.8, 4) is 10.6 Å². The molecule has 0 radical (unpaired) electrons. The van der Waals surface area contributed by atoms with Crippen LogP contribution < -0.4 is 5.32 Å². The molecule has 0 aliphatic heterocycles. The molecule has 0 saturated heterocycles. The molecule has 1 N–H and O–H groups in total. The summed E-state index contributed by atoms with van der Waals surface area (Å²) in [5.74, 6) is -0.441. The van der Waals surface area contributed by atoms with Crippen molar-refractivity contribution >= 4 is 28.8 Å². The number of carbonyl (C=O) groups is 1. The van der Waals surface area contributed by atoms with Crippen LogP contribution in [-0.4, -0.2) is 10.9 Å². The second-order valence-electron chi connectivity index (χ2n) is 5.64. The van der Waals surface area contributed by atoms with Crippen LogP contribution in [0.3, 0.4) is 0 Å². The van der Waals surface area contributed by atoms with E-state index in [1.165, 1.54) is 23.5 Å². The molecule has 1 amide bonds. The molecule has 0 saturated carbocycles. The van der Waals surface area contributed by atoms with Crippen LogP contribution in [0.2, 0.25) is 5.02 Å². The van der Waals surface area contributed by atoms with Crippen LogP contribution in [0.15, 0.2) is 53.9 Å². The van der Waals surface area contributed by atoms with Crippen LogP contribution in [0.25, 0.3) is 10.6 Å². The lowest BCUT2D eigenvalue weighted by Gasteiger charge is -2.15. The fraction of sp³-hybridized carbons (Fsp3) is 0.158. The number of hydrogen-bond donors (Lipinski definition) is 1. The Morgan fingerprint density at radius 3 is 2.84 bits per heavy atom. The van der Waals surface area contributed by atoms with E-state index in [0.717, 1.165) is 5.56 Å². The molecule has 1 aromatic heterocycles. The summed E-state index contributed by atoms with van der Waals surface area (Å²) in [6.07, 6.45) is 0.167. The Labute approximate surface area is 154 Å². The molecule has 0 fully saturated rings. The number of nitrogens with one attached hydrogen (secondary N) is 1. The molecule has 1 atom stereocenters. The van der Waals surface area contributed by atoms with Crippen molar-refractivity contribution in [2.45, 2.75) is 19.4 Å². The first kappa shape index (κ1) is 17.6. The van der Waals surface area contributed by atoms with E-state index in [1.54, 1.807) is 18.2 Å². The van der Waals surface area contributed by atoms with Gasteiger partial charge in [0, 0.05) is 16.0 Å². The fourth-order valence-corrected chi connectivity index (χ4v) is 3.62. The van der Waals surface area contributed by atoms with Crippen LogP contribution in [-0.2, 0) is 11.2 Å². The number of halogens is 2. The summed E-state index contributed by atoms with van der Waals surface area (Å²) in [5, 5.41) is 6.06. The molecule has 1 unspecified atom stereocenters. The second kappa shape index (κ2) is 7.76. The summed E-state index contributed by atoms with van der Waals surface area (Å²) < 4.78 is 13.3. The van der Waals surface area contributed by atoms with E-state index in [0.29, 0.717) is 21.3 Å². The smallest absolute Gasteiger partial charge is 0.226 e. The zero-order chi connectivity index (χ0) is 17.8. The summed E-state index contributed by atoms with van der Waals surface area (Å²) in [6, 6.07) is 13.5. The minimum Gasteiger partial charge on any atom is -0.349 e. The molecule has 3 nitrogen and oxygen atoms in total. The van der Waals surface area contributed by atoms with Gasteiger partial charge in [0.25, 0.3) is 0 Å². The monoisotopic (exact) mass is 374 g/mol. The SMILES string of the molecule is CC(NC(=O)Cc1csc(-c2cccc(F)c2)n1)c1ccccc1Cl. The number of hydrogen-bond acceptors (Lipinski definition) is 3. The van der Waals surface area contributed by atoms with Crippen molar-refractivity contribution < 1.29 is 9.18 Å². The van der Waals surface area contributed by atoms with Crippen LogP contribution in [0.1, 0.15) is 24.2 Å². The quantitative estimate of drug-likeness (QED) is 0.681. The maximum Gasteiger partial charge on any atom is 0.226 e. The van der Waals surface area contributed by atoms with Crippen LogP contribution in [0.5, 0.6) is 0 Å². The van der Waals surface area contributed by atoms with Crippen molar-refractivity contribution in [3.63, 3.8) is 0 Å². The van der Waals surface area contributed by atoms with Gasteiger partial charge in [-0.25, -0.2) is 9.37 Å². The normalized spacial score (nSPS) is 12.0. The van der Waals surface area contributed by atoms with Gasteiger partial charge in [-0.05, 0) is 30.7 Å². The summed E-state index contributed by atoms with van der Waals surface area (Å²) in [5.41, 5.74) is 2.24. The third-order valence-electron chi connectivity index (χ3n) is 3.71. The Balaban J connectivity index is 1.65. The molecule has 0 aliphatic rings. The molecule has 3 aromatic rings. The molecule has 0 spiro atoms. The third-order valence-corrected chi connectivity index (χ3v) is 5.00. The summed E-state index contributed by atoms with van der Waals surface area (Å²) in [7, 11) is 0. The van der Waals surface area contributed by atoms with Gasteiger partial charge in [-0.3, -0.25) is 4.79 Å². The average Bonchev–Trinajstić information content (AvgIpc) is 3.03. The number of amides is 1. The van der Waals surface area contributed by atoms with Gasteiger partial charge in [-0.15, -0.1) is 11.3 Å². The Hall–Kier alpha value is -2.24. The van der Waals surface area contributed by atoms with E-state index < -0.39 is 0 Å². The first-order chi connectivity index (χ1) is 12.0. The summed E-state index contributed by atoms with van der Waals surface area (Å²) in [4.78, 5) is 16.7. The molecular weight excluding hydrogens is 359 g/mol. The number of rotatable bonds is 5. The second-order valence-corrected chi connectivity index (χ2v) is 6.91. The standard InChI is InChI=1S/C19H16ClFN2OS/c1-12(16-7-2-3-8-17(16)20)22-18(24)10-15-11-25-19(23-15)13-5-4-6-14(21)9-13/h2-9,11-12H,10H2,1H3,(H,22,24). The highest BCUT2D eigenvalue weighted by molar-refractivity contribution is 7.13. The molecule has 2 aromatic carbocycles. The lowest BCUT2D eigenvalue weighted by Crippen LogP contribution is -2.28. The number of carbonyl (C=O) groups excluding carboxylic acids is 1. The summed E-state index contributed by atoms with van der Waals surface area (Å²) >= 11 is 7.55. The van der Waals surface area contributed by atoms with Gasteiger partial charge in [0.2, 0.25) is 5.91 Å². The molecule has 6 heteroatoms. The molecule has 3 rings (SSSR count). The number of thiazole rings is 1. The molecule has 128 valence electrons. The van der Waals surface area contributed by atoms with Crippen molar-refractivity contribution in [3.05, 3.63) is 76.0 Å². The largest absolute Gasteiger partial charge is 0.349 e. The number of aromatic nitrogens is 1. The van der Waals surface area contributed by atoms with Crippen LogP contribution >= 0.6 is 22.9 Å². The van der Waals surface area contributed by atoms with Gasteiger partial charge in [0.05, 0.1) is 18.2 Å². The highest BCUT2D eigenvalue weighted by atomic mass is 35.5. The molecule has 0 bridgehead atoms. The molecular formula is C19H16ClFN2OS. The maximum absolute atomic E-state index is 13.3. The molecule has 1 heterocycles. The Kier molecular flexibility index (Phi) is 5.46. The van der Waals surface area contributed by atoms with Gasteiger partial charge in [-0.2, -0.15) is 0 Å². The topological polar surface area (TPSA) is 42.0 Å². The first-order valence-electron chi connectivity index (χ1n) is 7.77. The van der Waals surface area contributed by atoms with E-state index in [9.17, 15) is 9.18 Å². The minimum absolute atomic E-state index is 0.136. The fourth-order valence-electron chi connectivity index (χ4n) is 2.50. The van der Waals surface area contributed by atoms with Gasteiger partial charge in [-0.1, -0.05) is 41.9 Å². The maximum atomic E-state index is 13.3. The van der Waals surface area contributed by atoms with E-state index in [4.69, 9.17) is 11.6 Å². The minimum atomic E-state index is -0.305. The lowest BCUT2D eigenvalue weighted by atomic mass is 10.1. The average molecular weight is 375 g/mol. The predicted molar refractivity (Wildman–Crippen MR) is 99.2 cm³/mol. The van der Waals surface area contributed by atoms with Gasteiger partial charge < -0.3 is 5.32 Å². The van der Waals surface area contributed by atoms with Crippen molar-refractivity contribution in [2.24, 2.45) is 0 Å². The van der Waals surface area contributed by atoms with Crippen molar-refractivity contribution in [1.29, 1.82) is 0 Å². The Morgan fingerprint density at radius 1 is 1.28 bits per heavy atom. The number of benzene rings is 2. The van der Waals surface area contributed by atoms with E-state index in [1.807, 2.05) is 30.5 Å². The van der Waals surface area contributed by atoms with E-state index in [-0.39, 0.29) is 24.2 Å². The molecule has 25 heavy (non-hydrogen) atoms. The van der Waals surface area contributed by atoms with E-state index in [2.05, 4.69) is 10.3 Å². The van der Waals surface area contributed by atoms with Crippen molar-refractivity contribution in [1.82, 2.24) is 10.3 Å². The highest BCUT2D eigenvalue weighted by Gasteiger charge is 2.14. The van der Waals surface area contributed by atoms with E-state index >= 15 is 0 Å². The van der Waals surface area contributed by atoms with Gasteiger partial charge in [0.1, 0.15) is 10.8 Å². The van der Waals surface area contributed by atoms with Crippen molar-refractivity contribution in [2.75, 3.05) is 0 Å². The zero-order valence-corrected chi connectivity index (χ0v) is 15.1. The Bertz CT molecular complexity index is 896. The highest BCUT2D eigenvalue weighted by Crippen LogP contribution is 2.25. The number of nitrogens with zero attached hydrogens (tertiary/aromatic N) is 1. The first-order valence-corrected chi connectivity index (χ1v) is 9.03. The zero-order valence-electron chi connectivity index (χ0n) is 13.5. The predicted octanol–water partition coefficient (Wildman–Crippen LogP) is 5.02. The van der Waals surface area contributed by atoms with Gasteiger partial charge in [0.15, 0.2) is 0 Å². The third kappa shape index (κ3) is 4.44.